The van der Waals surface area contributed by atoms with Crippen LogP contribution in [0.5, 0.6) is 0 Å². The van der Waals surface area contributed by atoms with Gasteiger partial charge in [-0.1, -0.05) is 0 Å². The molecular formula is C12H17N3O3. The van der Waals surface area contributed by atoms with Crippen LogP contribution in [-0.4, -0.2) is 49.3 Å². The van der Waals surface area contributed by atoms with Crippen molar-refractivity contribution in [2.45, 2.75) is 6.04 Å². The fourth-order valence-corrected chi connectivity index (χ4v) is 2.09. The number of carbonyl (C=O) groups excluding carboxylic acids is 1. The number of anilines is 1. The molecule has 6 heteroatoms. The Morgan fingerprint density at radius 2 is 2.28 bits per heavy atom. The first-order chi connectivity index (χ1) is 8.74. The zero-order valence-corrected chi connectivity index (χ0v) is 10.3. The molecule has 0 saturated carbocycles. The molecule has 0 radical (unpaired) electrons. The summed E-state index contributed by atoms with van der Waals surface area (Å²) in [4.78, 5) is 17.9. The van der Waals surface area contributed by atoms with Gasteiger partial charge in [0.05, 0.1) is 32.2 Å². The number of ether oxygens (including phenoxy) is 2. The number of carbonyl (C=O) groups is 1. The normalized spacial score (nSPS) is 18.3. The molecule has 0 spiro atoms. The van der Waals surface area contributed by atoms with Crippen molar-refractivity contribution < 1.29 is 14.3 Å². The third-order valence-electron chi connectivity index (χ3n) is 3.02. The van der Waals surface area contributed by atoms with Gasteiger partial charge < -0.3 is 15.2 Å². The second kappa shape index (κ2) is 5.79. The van der Waals surface area contributed by atoms with E-state index in [9.17, 15) is 4.79 Å². The maximum Gasteiger partial charge on any atom is 0.327 e. The van der Waals surface area contributed by atoms with Crippen LogP contribution in [0.2, 0.25) is 0 Å². The largest absolute Gasteiger partial charge is 0.468 e. The Labute approximate surface area is 106 Å². The second-order valence-electron chi connectivity index (χ2n) is 4.08. The first-order valence-electron chi connectivity index (χ1n) is 5.83. The van der Waals surface area contributed by atoms with E-state index in [4.69, 9.17) is 15.2 Å². The fraction of sp³-hybridized carbons (Fsp3) is 0.500. The molecule has 2 heterocycles. The molecule has 0 aliphatic carbocycles. The molecule has 1 aromatic rings. The molecular weight excluding hydrogens is 234 g/mol. The van der Waals surface area contributed by atoms with E-state index in [0.717, 1.165) is 5.56 Å². The number of hydrogen-bond donors (Lipinski definition) is 1. The van der Waals surface area contributed by atoms with Crippen LogP contribution < -0.4 is 5.73 Å². The van der Waals surface area contributed by atoms with Crippen molar-refractivity contribution >= 4 is 11.7 Å². The highest BCUT2D eigenvalue weighted by molar-refractivity contribution is 5.79. The molecule has 1 atom stereocenters. The lowest BCUT2D eigenvalue weighted by molar-refractivity contribution is -0.149. The lowest BCUT2D eigenvalue weighted by Crippen LogP contribution is -2.42. The van der Waals surface area contributed by atoms with Gasteiger partial charge in [-0.3, -0.25) is 9.88 Å². The molecule has 0 amide bonds. The summed E-state index contributed by atoms with van der Waals surface area (Å²) in [6, 6.07) is 1.27. The molecule has 1 aromatic heterocycles. The third kappa shape index (κ3) is 2.60. The van der Waals surface area contributed by atoms with Gasteiger partial charge in [-0.05, 0) is 6.07 Å². The van der Waals surface area contributed by atoms with Crippen LogP contribution in [0, 0.1) is 0 Å². The van der Waals surface area contributed by atoms with Crippen molar-refractivity contribution in [2.24, 2.45) is 0 Å². The van der Waals surface area contributed by atoms with Crippen LogP contribution >= 0.6 is 0 Å². The number of aromatic nitrogens is 1. The summed E-state index contributed by atoms with van der Waals surface area (Å²) >= 11 is 0. The Morgan fingerprint density at radius 3 is 2.89 bits per heavy atom. The summed E-state index contributed by atoms with van der Waals surface area (Å²) in [5.41, 5.74) is 7.13. The quantitative estimate of drug-likeness (QED) is 0.774. The Hall–Kier alpha value is -1.66. The molecule has 1 aliphatic heterocycles. The van der Waals surface area contributed by atoms with Crippen LogP contribution in [0.4, 0.5) is 5.69 Å². The Morgan fingerprint density at radius 1 is 1.56 bits per heavy atom. The van der Waals surface area contributed by atoms with Gasteiger partial charge in [-0.25, -0.2) is 4.79 Å². The highest BCUT2D eigenvalue weighted by Crippen LogP contribution is 2.27. The number of nitrogen functional groups attached to an aromatic ring is 1. The van der Waals surface area contributed by atoms with E-state index in [1.165, 1.54) is 7.11 Å². The highest BCUT2D eigenvalue weighted by Gasteiger charge is 2.31. The van der Waals surface area contributed by atoms with E-state index in [1.807, 2.05) is 4.90 Å². The second-order valence-corrected chi connectivity index (χ2v) is 4.08. The average molecular weight is 251 g/mol. The first-order valence-corrected chi connectivity index (χ1v) is 5.83. The molecule has 0 bridgehead atoms. The number of methoxy groups -OCH3 is 1. The molecule has 98 valence electrons. The predicted molar refractivity (Wildman–Crippen MR) is 65.8 cm³/mol. The maximum atomic E-state index is 12.0. The van der Waals surface area contributed by atoms with E-state index < -0.39 is 6.04 Å². The van der Waals surface area contributed by atoms with Crippen molar-refractivity contribution in [3.05, 3.63) is 24.0 Å². The first kappa shape index (κ1) is 12.8. The average Bonchev–Trinajstić information content (AvgIpc) is 2.42. The maximum absolute atomic E-state index is 12.0. The van der Waals surface area contributed by atoms with E-state index in [-0.39, 0.29) is 5.97 Å². The van der Waals surface area contributed by atoms with Gasteiger partial charge in [0.1, 0.15) is 6.04 Å². The van der Waals surface area contributed by atoms with Crippen LogP contribution in [0.15, 0.2) is 18.5 Å². The van der Waals surface area contributed by atoms with Crippen molar-refractivity contribution in [1.82, 2.24) is 9.88 Å². The minimum Gasteiger partial charge on any atom is -0.468 e. The number of pyridine rings is 1. The van der Waals surface area contributed by atoms with Gasteiger partial charge in [0.2, 0.25) is 0 Å². The lowest BCUT2D eigenvalue weighted by atomic mass is 10.0. The predicted octanol–water partition coefficient (Wildman–Crippen LogP) is 0.210. The summed E-state index contributed by atoms with van der Waals surface area (Å²) in [5, 5.41) is 0. The topological polar surface area (TPSA) is 77.7 Å². The van der Waals surface area contributed by atoms with Gasteiger partial charge >= 0.3 is 5.97 Å². The summed E-state index contributed by atoms with van der Waals surface area (Å²) < 4.78 is 10.2. The SMILES string of the molecule is COC(=O)C(c1ccncc1N)N1CCOCC1. The molecule has 1 saturated heterocycles. The van der Waals surface area contributed by atoms with Crippen LogP contribution in [-0.2, 0) is 14.3 Å². The van der Waals surface area contributed by atoms with Crippen LogP contribution in [0.3, 0.4) is 0 Å². The van der Waals surface area contributed by atoms with Crippen molar-refractivity contribution in [3.8, 4) is 0 Å². The fourth-order valence-electron chi connectivity index (χ4n) is 2.09. The van der Waals surface area contributed by atoms with E-state index in [2.05, 4.69) is 4.98 Å². The van der Waals surface area contributed by atoms with Crippen LogP contribution in [0.25, 0.3) is 0 Å². The zero-order valence-electron chi connectivity index (χ0n) is 10.3. The van der Waals surface area contributed by atoms with E-state index in [0.29, 0.717) is 32.0 Å². The van der Waals surface area contributed by atoms with Crippen LogP contribution in [0.1, 0.15) is 11.6 Å². The van der Waals surface area contributed by atoms with E-state index >= 15 is 0 Å². The van der Waals surface area contributed by atoms with Crippen molar-refractivity contribution in [1.29, 1.82) is 0 Å². The summed E-state index contributed by atoms with van der Waals surface area (Å²) in [5.74, 6) is -0.310. The molecule has 2 rings (SSSR count). The van der Waals surface area contributed by atoms with Gasteiger partial charge in [0.15, 0.2) is 0 Å². The monoisotopic (exact) mass is 251 g/mol. The van der Waals surface area contributed by atoms with Gasteiger partial charge in [-0.15, -0.1) is 0 Å². The lowest BCUT2D eigenvalue weighted by Gasteiger charge is -2.33. The standard InChI is InChI=1S/C12H17N3O3/c1-17-12(16)11(15-4-6-18-7-5-15)9-2-3-14-8-10(9)13/h2-3,8,11H,4-7,13H2,1H3. The summed E-state index contributed by atoms with van der Waals surface area (Å²) in [6.45, 7) is 2.58. The number of rotatable bonds is 3. The third-order valence-corrected chi connectivity index (χ3v) is 3.02. The molecule has 2 N–H and O–H groups in total. The molecule has 1 unspecified atom stereocenters. The zero-order chi connectivity index (χ0) is 13.0. The smallest absolute Gasteiger partial charge is 0.327 e. The van der Waals surface area contributed by atoms with Crippen molar-refractivity contribution in [2.75, 3.05) is 39.1 Å². The Balaban J connectivity index is 2.30. The van der Waals surface area contributed by atoms with Gasteiger partial charge in [-0.2, -0.15) is 0 Å². The van der Waals surface area contributed by atoms with E-state index in [1.54, 1.807) is 18.5 Å². The number of nitrogens with zero attached hydrogens (tertiary/aromatic N) is 2. The number of hydrogen-bond acceptors (Lipinski definition) is 6. The Bertz CT molecular complexity index is 419. The minimum atomic E-state index is -0.484. The Kier molecular flexibility index (Phi) is 4.11. The number of morpholine rings is 1. The molecule has 1 aliphatic rings. The number of nitrogens with two attached hydrogens (primary N) is 1. The minimum absolute atomic E-state index is 0.310. The summed E-state index contributed by atoms with van der Waals surface area (Å²) in [6.07, 6.45) is 3.17. The highest BCUT2D eigenvalue weighted by atomic mass is 16.5. The summed E-state index contributed by atoms with van der Waals surface area (Å²) in [7, 11) is 1.38. The number of esters is 1. The molecule has 1 fully saturated rings. The van der Waals surface area contributed by atoms with Gasteiger partial charge in [0, 0.05) is 24.8 Å². The molecule has 0 aromatic carbocycles. The van der Waals surface area contributed by atoms with Gasteiger partial charge in [0.25, 0.3) is 0 Å². The molecule has 18 heavy (non-hydrogen) atoms. The van der Waals surface area contributed by atoms with Crippen molar-refractivity contribution in [3.63, 3.8) is 0 Å². The molecule has 6 nitrogen and oxygen atoms in total.